The summed E-state index contributed by atoms with van der Waals surface area (Å²) in [6.45, 7) is 4.84. The van der Waals surface area contributed by atoms with E-state index in [0.717, 1.165) is 39.3 Å². The molecule has 2 rings (SSSR count). The van der Waals surface area contributed by atoms with E-state index < -0.39 is 0 Å². The van der Waals surface area contributed by atoms with Gasteiger partial charge in [0.2, 0.25) is 0 Å². The molecule has 1 aliphatic heterocycles. The number of hydrogen-bond acceptors (Lipinski definition) is 3. The van der Waals surface area contributed by atoms with E-state index in [2.05, 4.69) is 47.6 Å². The Morgan fingerprint density at radius 2 is 2.18 bits per heavy atom. The van der Waals surface area contributed by atoms with Crippen LogP contribution in [0.2, 0.25) is 0 Å². The molecular weight excluding hydrogens is 212 g/mol. The van der Waals surface area contributed by atoms with Crippen molar-refractivity contribution in [3.8, 4) is 0 Å². The molecule has 0 radical (unpaired) electrons. The van der Waals surface area contributed by atoms with Gasteiger partial charge in [-0.25, -0.2) is 0 Å². The summed E-state index contributed by atoms with van der Waals surface area (Å²) in [6.07, 6.45) is 1.16. The van der Waals surface area contributed by atoms with E-state index in [1.807, 2.05) is 0 Å². The summed E-state index contributed by atoms with van der Waals surface area (Å²) >= 11 is 0. The van der Waals surface area contributed by atoms with E-state index in [0.29, 0.717) is 6.04 Å². The molecule has 0 bridgehead atoms. The first-order chi connectivity index (χ1) is 8.34. The summed E-state index contributed by atoms with van der Waals surface area (Å²) in [5.41, 5.74) is 1.38. The summed E-state index contributed by atoms with van der Waals surface area (Å²) in [6, 6.07) is 11.1. The van der Waals surface area contributed by atoms with Crippen molar-refractivity contribution in [1.82, 2.24) is 10.2 Å². The first-order valence-electron chi connectivity index (χ1n) is 6.38. The molecule has 1 aromatic rings. The number of nitrogens with one attached hydrogen (secondary N) is 1. The molecule has 1 unspecified atom stereocenters. The maximum absolute atomic E-state index is 5.45. The lowest BCUT2D eigenvalue weighted by atomic mass is 10.1. The van der Waals surface area contributed by atoms with Crippen LogP contribution >= 0.6 is 0 Å². The van der Waals surface area contributed by atoms with Gasteiger partial charge in [-0.2, -0.15) is 0 Å². The topological polar surface area (TPSA) is 24.5 Å². The van der Waals surface area contributed by atoms with Crippen LogP contribution in [0.3, 0.4) is 0 Å². The van der Waals surface area contributed by atoms with Crippen LogP contribution in [0.4, 0.5) is 0 Å². The van der Waals surface area contributed by atoms with Crippen LogP contribution in [0.25, 0.3) is 0 Å². The number of hydrogen-bond donors (Lipinski definition) is 1. The Kier molecular flexibility index (Phi) is 4.98. The van der Waals surface area contributed by atoms with Gasteiger partial charge >= 0.3 is 0 Å². The van der Waals surface area contributed by atoms with Crippen molar-refractivity contribution in [1.29, 1.82) is 0 Å². The molecule has 3 nitrogen and oxygen atoms in total. The fraction of sp³-hybridized carbons (Fsp3) is 0.571. The highest BCUT2D eigenvalue weighted by atomic mass is 16.5. The molecule has 1 saturated heterocycles. The summed E-state index contributed by atoms with van der Waals surface area (Å²) in [5, 5.41) is 3.49. The SMILES string of the molecule is CN(CCC1COCCN1)Cc1ccccc1. The molecule has 1 atom stereocenters. The van der Waals surface area contributed by atoms with Crippen molar-refractivity contribution in [2.45, 2.75) is 19.0 Å². The van der Waals surface area contributed by atoms with Crippen molar-refractivity contribution < 1.29 is 4.74 Å². The minimum atomic E-state index is 0.530. The number of benzene rings is 1. The maximum Gasteiger partial charge on any atom is 0.0620 e. The zero-order valence-electron chi connectivity index (χ0n) is 10.6. The van der Waals surface area contributed by atoms with Crippen molar-refractivity contribution in [3.63, 3.8) is 0 Å². The Balaban J connectivity index is 1.68. The lowest BCUT2D eigenvalue weighted by molar-refractivity contribution is 0.0708. The van der Waals surface area contributed by atoms with E-state index in [9.17, 15) is 0 Å². The predicted molar refractivity (Wildman–Crippen MR) is 70.0 cm³/mol. The van der Waals surface area contributed by atoms with Gasteiger partial charge in [0.1, 0.15) is 0 Å². The molecule has 0 aromatic heterocycles. The molecule has 0 spiro atoms. The molecule has 1 aromatic carbocycles. The van der Waals surface area contributed by atoms with Crippen LogP contribution < -0.4 is 5.32 Å². The summed E-state index contributed by atoms with van der Waals surface area (Å²) in [5.74, 6) is 0. The zero-order valence-corrected chi connectivity index (χ0v) is 10.6. The second-order valence-electron chi connectivity index (χ2n) is 4.74. The molecule has 1 fully saturated rings. The van der Waals surface area contributed by atoms with Gasteiger partial charge in [0.15, 0.2) is 0 Å². The minimum absolute atomic E-state index is 0.530. The van der Waals surface area contributed by atoms with Crippen LogP contribution in [0, 0.1) is 0 Å². The van der Waals surface area contributed by atoms with Gasteiger partial charge in [-0.3, -0.25) is 0 Å². The van der Waals surface area contributed by atoms with Crippen LogP contribution in [0.1, 0.15) is 12.0 Å². The highest BCUT2D eigenvalue weighted by molar-refractivity contribution is 5.14. The van der Waals surface area contributed by atoms with Crippen molar-refractivity contribution in [2.75, 3.05) is 33.4 Å². The van der Waals surface area contributed by atoms with Gasteiger partial charge in [0.25, 0.3) is 0 Å². The fourth-order valence-corrected chi connectivity index (χ4v) is 2.16. The van der Waals surface area contributed by atoms with E-state index in [1.54, 1.807) is 0 Å². The molecule has 0 saturated carbocycles. The van der Waals surface area contributed by atoms with Gasteiger partial charge in [-0.05, 0) is 25.6 Å². The van der Waals surface area contributed by atoms with Gasteiger partial charge in [-0.15, -0.1) is 0 Å². The average molecular weight is 234 g/mol. The zero-order chi connectivity index (χ0) is 11.9. The monoisotopic (exact) mass is 234 g/mol. The van der Waals surface area contributed by atoms with Gasteiger partial charge in [0, 0.05) is 19.1 Å². The Labute approximate surface area is 104 Å². The Morgan fingerprint density at radius 1 is 1.35 bits per heavy atom. The quantitative estimate of drug-likeness (QED) is 0.835. The third-order valence-electron chi connectivity index (χ3n) is 3.15. The summed E-state index contributed by atoms with van der Waals surface area (Å²) < 4.78 is 5.45. The minimum Gasteiger partial charge on any atom is -0.379 e. The largest absolute Gasteiger partial charge is 0.379 e. The molecule has 0 amide bonds. The highest BCUT2D eigenvalue weighted by Crippen LogP contribution is 2.05. The molecular formula is C14H22N2O. The van der Waals surface area contributed by atoms with E-state index >= 15 is 0 Å². The van der Waals surface area contributed by atoms with Crippen molar-refractivity contribution in [2.24, 2.45) is 0 Å². The average Bonchev–Trinajstić information content (AvgIpc) is 2.39. The number of ether oxygens (including phenoxy) is 1. The lowest BCUT2D eigenvalue weighted by Crippen LogP contribution is -2.42. The third-order valence-corrected chi connectivity index (χ3v) is 3.15. The number of morpholine rings is 1. The van der Waals surface area contributed by atoms with Crippen molar-refractivity contribution >= 4 is 0 Å². The molecule has 3 heteroatoms. The second-order valence-corrected chi connectivity index (χ2v) is 4.74. The van der Waals surface area contributed by atoms with Gasteiger partial charge < -0.3 is 15.0 Å². The number of rotatable bonds is 5. The number of nitrogens with zero attached hydrogens (tertiary/aromatic N) is 1. The Morgan fingerprint density at radius 3 is 2.88 bits per heavy atom. The fourth-order valence-electron chi connectivity index (χ4n) is 2.16. The summed E-state index contributed by atoms with van der Waals surface area (Å²) in [4.78, 5) is 2.37. The second kappa shape index (κ2) is 6.74. The van der Waals surface area contributed by atoms with Crippen LogP contribution in [-0.2, 0) is 11.3 Å². The molecule has 1 aliphatic rings. The van der Waals surface area contributed by atoms with Crippen LogP contribution in [0.15, 0.2) is 30.3 Å². The van der Waals surface area contributed by atoms with Gasteiger partial charge in [-0.1, -0.05) is 30.3 Å². The Bertz CT molecular complexity index is 309. The van der Waals surface area contributed by atoms with E-state index in [-0.39, 0.29) is 0 Å². The lowest BCUT2D eigenvalue weighted by Gasteiger charge is -2.26. The summed E-state index contributed by atoms with van der Waals surface area (Å²) in [7, 11) is 2.18. The first-order valence-corrected chi connectivity index (χ1v) is 6.38. The highest BCUT2D eigenvalue weighted by Gasteiger charge is 2.13. The third kappa shape index (κ3) is 4.46. The molecule has 94 valence electrons. The van der Waals surface area contributed by atoms with Gasteiger partial charge in [0.05, 0.1) is 13.2 Å². The van der Waals surface area contributed by atoms with Crippen LogP contribution in [0.5, 0.6) is 0 Å². The van der Waals surface area contributed by atoms with Crippen LogP contribution in [-0.4, -0.2) is 44.3 Å². The maximum atomic E-state index is 5.45. The molecule has 1 heterocycles. The van der Waals surface area contributed by atoms with E-state index in [1.165, 1.54) is 5.56 Å². The smallest absolute Gasteiger partial charge is 0.0620 e. The predicted octanol–water partition coefficient (Wildman–Crippen LogP) is 1.50. The van der Waals surface area contributed by atoms with E-state index in [4.69, 9.17) is 4.74 Å². The standard InChI is InChI=1S/C14H22N2O/c1-16(11-13-5-3-2-4-6-13)9-7-14-12-17-10-8-15-14/h2-6,14-15H,7-12H2,1H3. The molecule has 0 aliphatic carbocycles. The Hall–Kier alpha value is -0.900. The molecule has 1 N–H and O–H groups in total. The first kappa shape index (κ1) is 12.6. The van der Waals surface area contributed by atoms with Crippen molar-refractivity contribution in [3.05, 3.63) is 35.9 Å². The molecule has 17 heavy (non-hydrogen) atoms. The normalized spacial score (nSPS) is 20.7.